The van der Waals surface area contributed by atoms with Crippen LogP contribution in [-0.2, 0) is 36.8 Å². The van der Waals surface area contributed by atoms with Crippen LogP contribution in [0.5, 0.6) is 5.75 Å². The molecule has 4 amide bonds. The molecule has 1 heterocycles. The molecule has 0 aliphatic rings. The van der Waals surface area contributed by atoms with Crippen LogP contribution in [0.25, 0.3) is 0 Å². The van der Waals surface area contributed by atoms with E-state index >= 15 is 0 Å². The highest BCUT2D eigenvalue weighted by atomic mass is 32.2. The summed E-state index contributed by atoms with van der Waals surface area (Å²) in [5.41, 5.74) is 6.67. The molecule has 0 aliphatic heterocycles. The van der Waals surface area contributed by atoms with Gasteiger partial charge in [0.15, 0.2) is 0 Å². The second kappa shape index (κ2) is 16.8. The minimum Gasteiger partial charge on any atom is -0.508 e. The van der Waals surface area contributed by atoms with Crippen molar-refractivity contribution in [1.29, 1.82) is 0 Å². The summed E-state index contributed by atoms with van der Waals surface area (Å²) in [4.78, 5) is 69.5. The number of phenols is 1. The number of nitrogens with one attached hydrogen (secondary N) is 5. The van der Waals surface area contributed by atoms with Crippen molar-refractivity contribution in [3.63, 3.8) is 0 Å². The molecule has 1 aromatic heterocycles. The van der Waals surface area contributed by atoms with E-state index in [0.717, 1.165) is 0 Å². The van der Waals surface area contributed by atoms with Gasteiger partial charge in [0.25, 0.3) is 0 Å². The minimum absolute atomic E-state index is 0.000742. The van der Waals surface area contributed by atoms with Gasteiger partial charge in [-0.15, -0.1) is 0 Å². The summed E-state index contributed by atoms with van der Waals surface area (Å²) >= 11 is 1.42. The number of carbonyl (C=O) groups is 5. The van der Waals surface area contributed by atoms with Crippen molar-refractivity contribution in [2.45, 2.75) is 43.4 Å². The van der Waals surface area contributed by atoms with Crippen LogP contribution in [0.1, 0.15) is 17.7 Å². The number of aromatic amines is 1. The van der Waals surface area contributed by atoms with Gasteiger partial charge in [-0.1, -0.05) is 12.1 Å². The maximum absolute atomic E-state index is 13.4. The molecule has 224 valence electrons. The molecular formula is C25H35N7O8S. The summed E-state index contributed by atoms with van der Waals surface area (Å²) in [6, 6.07) is 1.07. The Balaban J connectivity index is 2.28. The van der Waals surface area contributed by atoms with Gasteiger partial charge in [0.2, 0.25) is 23.6 Å². The molecule has 4 atom stereocenters. The molecule has 0 saturated heterocycles. The number of benzene rings is 1. The van der Waals surface area contributed by atoms with Gasteiger partial charge >= 0.3 is 5.97 Å². The van der Waals surface area contributed by atoms with Crippen LogP contribution >= 0.6 is 11.8 Å². The summed E-state index contributed by atoms with van der Waals surface area (Å²) in [6.45, 7) is -1.29. The topological polar surface area (TPSA) is 249 Å². The number of aliphatic hydroxyl groups excluding tert-OH is 1. The van der Waals surface area contributed by atoms with Gasteiger partial charge in [-0.3, -0.25) is 24.0 Å². The van der Waals surface area contributed by atoms with Gasteiger partial charge in [-0.25, -0.2) is 4.98 Å². The van der Waals surface area contributed by atoms with E-state index < -0.39 is 66.9 Å². The Bertz CT molecular complexity index is 1160. The van der Waals surface area contributed by atoms with Crippen LogP contribution in [0.15, 0.2) is 36.8 Å². The number of hydrogen-bond acceptors (Lipinski definition) is 10. The Labute approximate surface area is 240 Å². The van der Waals surface area contributed by atoms with E-state index in [4.69, 9.17) is 10.8 Å². The van der Waals surface area contributed by atoms with E-state index in [2.05, 4.69) is 31.2 Å². The predicted octanol–water partition coefficient (Wildman–Crippen LogP) is -2.37. The number of aromatic hydroxyl groups is 1. The van der Waals surface area contributed by atoms with E-state index in [0.29, 0.717) is 17.0 Å². The fourth-order valence-corrected chi connectivity index (χ4v) is 4.07. The van der Waals surface area contributed by atoms with Crippen LogP contribution in [0.4, 0.5) is 0 Å². The maximum atomic E-state index is 13.4. The monoisotopic (exact) mass is 593 g/mol. The largest absolute Gasteiger partial charge is 0.508 e. The van der Waals surface area contributed by atoms with Gasteiger partial charge < -0.3 is 47.3 Å². The zero-order chi connectivity index (χ0) is 30.4. The van der Waals surface area contributed by atoms with Crippen LogP contribution < -0.4 is 27.0 Å². The van der Waals surface area contributed by atoms with Gasteiger partial charge in [0.1, 0.15) is 36.5 Å². The van der Waals surface area contributed by atoms with Crippen LogP contribution in [0.2, 0.25) is 0 Å². The third kappa shape index (κ3) is 11.5. The summed E-state index contributed by atoms with van der Waals surface area (Å²) in [6.07, 6.45) is 4.74. The number of nitrogens with two attached hydrogens (primary N) is 1. The third-order valence-corrected chi connectivity index (χ3v) is 6.46. The first-order chi connectivity index (χ1) is 19.5. The number of rotatable bonds is 17. The Morgan fingerprint density at radius 1 is 0.951 bits per heavy atom. The predicted molar refractivity (Wildman–Crippen MR) is 149 cm³/mol. The standard InChI is InChI=1S/C25H35N7O8S/c1-41-7-6-18(23(38)28-11-21(35)36)30-25(40)20(9-15-10-27-13-29-15)32-24(39)19(31-22(37)17(26)12-33)8-14-2-4-16(34)5-3-14/h2-5,10,13,17-20,33-34H,6-9,11-12,26H2,1H3,(H,27,29)(H,28,38)(H,30,40)(H,31,37)(H,32,39)(H,35,36)/t17-,18-,19-,20-/m0/s1. The zero-order valence-corrected chi connectivity index (χ0v) is 23.1. The molecule has 0 spiro atoms. The lowest BCUT2D eigenvalue weighted by atomic mass is 10.0. The molecule has 41 heavy (non-hydrogen) atoms. The first-order valence-electron chi connectivity index (χ1n) is 12.5. The van der Waals surface area contributed by atoms with Crippen molar-refractivity contribution in [2.24, 2.45) is 5.73 Å². The Kier molecular flexibility index (Phi) is 13.6. The Morgan fingerprint density at radius 2 is 1.56 bits per heavy atom. The van der Waals surface area contributed by atoms with Crippen molar-refractivity contribution < 1.29 is 39.3 Å². The number of carboxylic acids is 1. The molecule has 16 heteroatoms. The minimum atomic E-state index is -1.30. The molecule has 1 aromatic carbocycles. The molecule has 2 rings (SSSR count). The molecule has 0 bridgehead atoms. The number of hydrogen-bond donors (Lipinski definition) is 9. The van der Waals surface area contributed by atoms with E-state index in [1.807, 2.05) is 0 Å². The molecule has 0 unspecified atom stereocenters. The molecule has 15 nitrogen and oxygen atoms in total. The third-order valence-electron chi connectivity index (χ3n) is 5.81. The second-order valence-corrected chi connectivity index (χ2v) is 10.0. The fraction of sp³-hybridized carbons (Fsp3) is 0.440. The summed E-state index contributed by atoms with van der Waals surface area (Å²) < 4.78 is 0. The molecule has 10 N–H and O–H groups in total. The number of aliphatic carboxylic acids is 1. The first-order valence-corrected chi connectivity index (χ1v) is 13.9. The average Bonchev–Trinajstić information content (AvgIpc) is 3.46. The van der Waals surface area contributed by atoms with Crippen LogP contribution in [0.3, 0.4) is 0 Å². The average molecular weight is 594 g/mol. The fourth-order valence-electron chi connectivity index (χ4n) is 3.60. The number of phenolic OH excluding ortho intramolecular Hbond substituents is 1. The van der Waals surface area contributed by atoms with Crippen LogP contribution in [-0.4, -0.2) is 104 Å². The van der Waals surface area contributed by atoms with Gasteiger partial charge in [-0.2, -0.15) is 11.8 Å². The lowest BCUT2D eigenvalue weighted by Gasteiger charge is -2.25. The normalized spacial score (nSPS) is 13.7. The van der Waals surface area contributed by atoms with Crippen molar-refractivity contribution in [2.75, 3.05) is 25.2 Å². The highest BCUT2D eigenvalue weighted by Crippen LogP contribution is 2.12. The molecule has 0 saturated carbocycles. The highest BCUT2D eigenvalue weighted by molar-refractivity contribution is 7.98. The number of carbonyl (C=O) groups excluding carboxylic acids is 4. The van der Waals surface area contributed by atoms with E-state index in [-0.39, 0.29) is 25.0 Å². The van der Waals surface area contributed by atoms with Crippen LogP contribution in [0, 0.1) is 0 Å². The lowest BCUT2D eigenvalue weighted by molar-refractivity contribution is -0.138. The van der Waals surface area contributed by atoms with E-state index in [1.165, 1.54) is 36.4 Å². The van der Waals surface area contributed by atoms with Gasteiger partial charge in [0.05, 0.1) is 12.9 Å². The molecular weight excluding hydrogens is 558 g/mol. The SMILES string of the molecule is CSCC[C@H](NC(=O)[C@H](Cc1cnc[nH]1)NC(=O)[C@H](Cc1ccc(O)cc1)NC(=O)[C@@H](N)CO)C(=O)NCC(=O)O. The summed E-state index contributed by atoms with van der Waals surface area (Å²) in [7, 11) is 0. The van der Waals surface area contributed by atoms with Gasteiger partial charge in [0, 0.05) is 24.7 Å². The maximum Gasteiger partial charge on any atom is 0.322 e. The van der Waals surface area contributed by atoms with Crippen molar-refractivity contribution in [1.82, 2.24) is 31.2 Å². The smallest absolute Gasteiger partial charge is 0.322 e. The molecule has 0 radical (unpaired) electrons. The quantitative estimate of drug-likeness (QED) is 0.0937. The number of carboxylic acid groups (broad SMARTS) is 1. The number of nitrogens with zero attached hydrogens (tertiary/aromatic N) is 1. The number of aromatic nitrogens is 2. The van der Waals surface area contributed by atoms with E-state index in [9.17, 15) is 34.2 Å². The first kappa shape index (κ1) is 33.1. The van der Waals surface area contributed by atoms with Crippen molar-refractivity contribution in [3.8, 4) is 5.75 Å². The van der Waals surface area contributed by atoms with E-state index in [1.54, 1.807) is 18.4 Å². The Hall–Kier alpha value is -4.15. The van der Waals surface area contributed by atoms with Crippen molar-refractivity contribution >= 4 is 41.4 Å². The summed E-state index contributed by atoms with van der Waals surface area (Å²) in [5.74, 6) is -3.75. The number of H-pyrrole nitrogens is 1. The number of thioether (sulfide) groups is 1. The van der Waals surface area contributed by atoms with Crippen molar-refractivity contribution in [3.05, 3.63) is 48.0 Å². The zero-order valence-electron chi connectivity index (χ0n) is 22.3. The number of imidazole rings is 1. The highest BCUT2D eigenvalue weighted by Gasteiger charge is 2.31. The molecule has 2 aromatic rings. The molecule has 0 aliphatic carbocycles. The number of aliphatic hydroxyl groups is 1. The second-order valence-electron chi connectivity index (χ2n) is 9.02. The Morgan fingerprint density at radius 3 is 2.12 bits per heavy atom. The number of amides is 4. The van der Waals surface area contributed by atoms with Gasteiger partial charge in [-0.05, 0) is 36.1 Å². The summed E-state index contributed by atoms with van der Waals surface area (Å²) in [5, 5.41) is 37.6. The lowest BCUT2D eigenvalue weighted by Crippen LogP contribution is -2.59. The molecule has 0 fully saturated rings.